The van der Waals surface area contributed by atoms with Gasteiger partial charge in [-0.05, 0) is 20.5 Å². The number of hydrogen-bond acceptors (Lipinski definition) is 5. The maximum Gasteiger partial charge on any atom is 0.227 e. The summed E-state index contributed by atoms with van der Waals surface area (Å²) in [6.45, 7) is 9.09. The molecule has 1 amide bonds. The Hall–Kier alpha value is -2.02. The Labute approximate surface area is 149 Å². The summed E-state index contributed by atoms with van der Waals surface area (Å²) < 4.78 is 1.95. The van der Waals surface area contributed by atoms with Crippen LogP contribution in [0.3, 0.4) is 0 Å². The monoisotopic (exact) mass is 344 g/mol. The number of fused-ring (bicyclic) bond motifs is 1. The van der Waals surface area contributed by atoms with Crippen LogP contribution in [0.25, 0.3) is 11.2 Å². The van der Waals surface area contributed by atoms with E-state index in [2.05, 4.69) is 14.9 Å². The van der Waals surface area contributed by atoms with Gasteiger partial charge in [-0.15, -0.1) is 0 Å². The molecule has 2 aromatic heterocycles. The molecule has 1 atom stereocenters. The van der Waals surface area contributed by atoms with E-state index in [0.717, 1.165) is 42.9 Å². The van der Waals surface area contributed by atoms with Crippen molar-refractivity contribution in [3.8, 4) is 0 Å². The van der Waals surface area contributed by atoms with Crippen LogP contribution in [0, 0.1) is 5.41 Å². The molecule has 1 saturated heterocycles. The molecule has 0 spiro atoms. The summed E-state index contributed by atoms with van der Waals surface area (Å²) in [5.74, 6) is 0.434. The summed E-state index contributed by atoms with van der Waals surface area (Å²) in [6, 6.07) is 0. The molecule has 1 aliphatic rings. The number of nitrogens with zero attached hydrogens (tertiary/aromatic N) is 6. The first kappa shape index (κ1) is 17.8. The SMILES string of the molecule is CN(C)CCn1nc([C@H]2CCN(C(=O)C(C)(C)C)C2)c2nccnc21. The second-order valence-corrected chi connectivity index (χ2v) is 8.13. The van der Waals surface area contributed by atoms with E-state index in [4.69, 9.17) is 5.10 Å². The molecule has 0 N–H and O–H groups in total. The van der Waals surface area contributed by atoms with Gasteiger partial charge in [-0.3, -0.25) is 4.79 Å². The molecule has 2 aromatic rings. The lowest BCUT2D eigenvalue weighted by Gasteiger charge is -2.25. The fraction of sp³-hybridized carbons (Fsp3) is 0.667. The quantitative estimate of drug-likeness (QED) is 0.845. The van der Waals surface area contributed by atoms with E-state index in [9.17, 15) is 4.79 Å². The molecule has 7 nitrogen and oxygen atoms in total. The second-order valence-electron chi connectivity index (χ2n) is 8.13. The summed E-state index contributed by atoms with van der Waals surface area (Å²) in [6.07, 6.45) is 4.36. The van der Waals surface area contributed by atoms with Gasteiger partial charge in [-0.2, -0.15) is 5.10 Å². The van der Waals surface area contributed by atoms with Gasteiger partial charge in [0.15, 0.2) is 5.65 Å². The highest BCUT2D eigenvalue weighted by molar-refractivity contribution is 5.82. The van der Waals surface area contributed by atoms with Crippen molar-refractivity contribution >= 4 is 17.1 Å². The van der Waals surface area contributed by atoms with Gasteiger partial charge in [0.25, 0.3) is 0 Å². The Morgan fingerprint density at radius 1 is 1.28 bits per heavy atom. The Morgan fingerprint density at radius 3 is 2.68 bits per heavy atom. The van der Waals surface area contributed by atoms with Crippen molar-refractivity contribution in [1.29, 1.82) is 0 Å². The van der Waals surface area contributed by atoms with Gasteiger partial charge in [-0.25, -0.2) is 14.6 Å². The summed E-state index contributed by atoms with van der Waals surface area (Å²) in [7, 11) is 4.09. The van der Waals surface area contributed by atoms with Gasteiger partial charge in [0.2, 0.25) is 5.91 Å². The predicted octanol–water partition coefficient (Wildman–Crippen LogP) is 1.75. The van der Waals surface area contributed by atoms with E-state index in [-0.39, 0.29) is 17.2 Å². The maximum atomic E-state index is 12.6. The Kier molecular flexibility index (Phi) is 4.77. The third-order valence-corrected chi connectivity index (χ3v) is 4.66. The first-order chi connectivity index (χ1) is 11.8. The predicted molar refractivity (Wildman–Crippen MR) is 97.3 cm³/mol. The van der Waals surface area contributed by atoms with Crippen LogP contribution in [0.5, 0.6) is 0 Å². The minimum atomic E-state index is -0.345. The lowest BCUT2D eigenvalue weighted by molar-refractivity contribution is -0.138. The molecule has 3 heterocycles. The van der Waals surface area contributed by atoms with Gasteiger partial charge in [-0.1, -0.05) is 20.8 Å². The van der Waals surface area contributed by atoms with Crippen molar-refractivity contribution in [3.05, 3.63) is 18.1 Å². The molecule has 1 aliphatic heterocycles. The lowest BCUT2D eigenvalue weighted by atomic mass is 9.95. The van der Waals surface area contributed by atoms with E-state index in [1.54, 1.807) is 12.4 Å². The largest absolute Gasteiger partial charge is 0.342 e. The summed E-state index contributed by atoms with van der Waals surface area (Å²) in [5.41, 5.74) is 2.34. The smallest absolute Gasteiger partial charge is 0.227 e. The van der Waals surface area contributed by atoms with Crippen LogP contribution < -0.4 is 0 Å². The molecule has 0 bridgehead atoms. The number of hydrogen-bond donors (Lipinski definition) is 0. The molecule has 1 fully saturated rings. The third-order valence-electron chi connectivity index (χ3n) is 4.66. The number of amides is 1. The fourth-order valence-corrected chi connectivity index (χ4v) is 3.29. The van der Waals surface area contributed by atoms with Gasteiger partial charge in [0.1, 0.15) is 5.52 Å². The first-order valence-electron chi connectivity index (χ1n) is 8.89. The van der Waals surface area contributed by atoms with E-state index >= 15 is 0 Å². The fourth-order valence-electron chi connectivity index (χ4n) is 3.29. The molecule has 0 radical (unpaired) electrons. The number of carbonyl (C=O) groups excluding carboxylic acids is 1. The summed E-state index contributed by atoms with van der Waals surface area (Å²) >= 11 is 0. The topological polar surface area (TPSA) is 67.2 Å². The van der Waals surface area contributed by atoms with Crippen molar-refractivity contribution in [1.82, 2.24) is 29.5 Å². The van der Waals surface area contributed by atoms with E-state index in [0.29, 0.717) is 6.54 Å². The zero-order valence-corrected chi connectivity index (χ0v) is 15.9. The van der Waals surface area contributed by atoms with Crippen LogP contribution in [0.15, 0.2) is 12.4 Å². The van der Waals surface area contributed by atoms with Crippen molar-refractivity contribution in [2.45, 2.75) is 39.7 Å². The second kappa shape index (κ2) is 6.71. The van der Waals surface area contributed by atoms with Crippen LogP contribution in [0.4, 0.5) is 0 Å². The molecule has 7 heteroatoms. The minimum absolute atomic E-state index is 0.206. The van der Waals surface area contributed by atoms with Crippen molar-refractivity contribution in [2.24, 2.45) is 5.41 Å². The molecular formula is C18H28N6O. The van der Waals surface area contributed by atoms with E-state index in [1.165, 1.54) is 0 Å². The third kappa shape index (κ3) is 3.66. The standard InChI is InChI=1S/C18H28N6O/c1-18(2,3)17(25)23-9-6-13(12-23)14-15-16(20-8-7-19-15)24(21-14)11-10-22(4)5/h7-8,13H,6,9-12H2,1-5H3/t13-/m0/s1. The Balaban J connectivity index is 1.86. The van der Waals surface area contributed by atoms with Gasteiger partial charge >= 0.3 is 0 Å². The minimum Gasteiger partial charge on any atom is -0.342 e. The van der Waals surface area contributed by atoms with Gasteiger partial charge < -0.3 is 9.80 Å². The van der Waals surface area contributed by atoms with E-state index in [1.807, 2.05) is 44.4 Å². The Morgan fingerprint density at radius 2 is 2.00 bits per heavy atom. The zero-order valence-electron chi connectivity index (χ0n) is 15.9. The van der Waals surface area contributed by atoms with Crippen LogP contribution in [-0.2, 0) is 11.3 Å². The zero-order chi connectivity index (χ0) is 18.2. The van der Waals surface area contributed by atoms with Crippen LogP contribution >= 0.6 is 0 Å². The van der Waals surface area contributed by atoms with Crippen LogP contribution in [0.1, 0.15) is 38.8 Å². The van der Waals surface area contributed by atoms with Crippen LogP contribution in [0.2, 0.25) is 0 Å². The normalized spacial score (nSPS) is 18.5. The number of aromatic nitrogens is 4. The van der Waals surface area contributed by atoms with Crippen molar-refractivity contribution in [2.75, 3.05) is 33.7 Å². The molecule has 0 aliphatic carbocycles. The summed E-state index contributed by atoms with van der Waals surface area (Å²) in [5, 5.41) is 4.83. The van der Waals surface area contributed by atoms with E-state index < -0.39 is 0 Å². The highest BCUT2D eigenvalue weighted by Crippen LogP contribution is 2.32. The lowest BCUT2D eigenvalue weighted by Crippen LogP contribution is -2.37. The van der Waals surface area contributed by atoms with Gasteiger partial charge in [0.05, 0.1) is 12.2 Å². The molecule has 25 heavy (non-hydrogen) atoms. The number of carbonyl (C=O) groups is 1. The molecular weight excluding hydrogens is 316 g/mol. The number of likely N-dealkylation sites (N-methyl/N-ethyl adjacent to an activating group) is 1. The molecule has 0 aromatic carbocycles. The van der Waals surface area contributed by atoms with Gasteiger partial charge in [0, 0.05) is 43.4 Å². The Bertz CT molecular complexity index is 761. The average Bonchev–Trinajstić information content (AvgIpc) is 3.16. The maximum absolute atomic E-state index is 12.6. The molecule has 3 rings (SSSR count). The number of likely N-dealkylation sites (tertiary alicyclic amines) is 1. The first-order valence-corrected chi connectivity index (χ1v) is 8.89. The molecule has 0 unspecified atom stereocenters. The summed E-state index contributed by atoms with van der Waals surface area (Å²) in [4.78, 5) is 25.7. The average molecular weight is 344 g/mol. The van der Waals surface area contributed by atoms with Crippen molar-refractivity contribution < 1.29 is 4.79 Å². The highest BCUT2D eigenvalue weighted by Gasteiger charge is 2.35. The number of rotatable bonds is 4. The van der Waals surface area contributed by atoms with Crippen molar-refractivity contribution in [3.63, 3.8) is 0 Å². The highest BCUT2D eigenvalue weighted by atomic mass is 16.2. The van der Waals surface area contributed by atoms with Crippen LogP contribution in [-0.4, -0.2) is 69.2 Å². The molecule has 136 valence electrons. The molecule has 0 saturated carbocycles.